The minimum Gasteiger partial charge on any atom is -0.388 e. The Balaban J connectivity index is 1.43. The second kappa shape index (κ2) is 7.05. The minimum atomic E-state index is -0.0725. The van der Waals surface area contributed by atoms with Crippen molar-refractivity contribution >= 4 is 5.82 Å². The molecule has 2 saturated heterocycles. The first-order valence-corrected chi connectivity index (χ1v) is 8.90. The number of nitrogens with zero attached hydrogens (tertiary/aromatic N) is 6. The fraction of sp³-hybridized carbons (Fsp3) is 0.647. The molecule has 0 aromatic carbocycles. The van der Waals surface area contributed by atoms with Crippen LogP contribution in [0.3, 0.4) is 0 Å². The molecule has 8 nitrogen and oxygen atoms in total. The second-order valence-corrected chi connectivity index (χ2v) is 6.81. The van der Waals surface area contributed by atoms with Crippen LogP contribution in [0.2, 0.25) is 0 Å². The van der Waals surface area contributed by atoms with Crippen LogP contribution in [0.4, 0.5) is 5.82 Å². The third kappa shape index (κ3) is 3.23. The number of anilines is 1. The summed E-state index contributed by atoms with van der Waals surface area (Å²) in [6, 6.07) is 2.12. The molecule has 8 heteroatoms. The largest absolute Gasteiger partial charge is 0.388 e. The molecule has 2 aromatic heterocycles. The summed E-state index contributed by atoms with van der Waals surface area (Å²) < 4.78 is 7.40. The van der Waals surface area contributed by atoms with Crippen molar-refractivity contribution < 1.29 is 9.84 Å². The Morgan fingerprint density at radius 3 is 2.68 bits per heavy atom. The summed E-state index contributed by atoms with van der Waals surface area (Å²) in [7, 11) is 1.92. The van der Waals surface area contributed by atoms with Gasteiger partial charge in [0.2, 0.25) is 0 Å². The number of aliphatic hydroxyl groups is 1. The lowest BCUT2D eigenvalue weighted by atomic mass is 9.95. The van der Waals surface area contributed by atoms with E-state index in [1.807, 2.05) is 11.6 Å². The van der Waals surface area contributed by atoms with Gasteiger partial charge in [-0.25, -0.2) is 9.97 Å². The molecule has 2 aliphatic heterocycles. The first-order valence-electron chi connectivity index (χ1n) is 8.90. The van der Waals surface area contributed by atoms with Crippen molar-refractivity contribution in [2.75, 3.05) is 31.2 Å². The Kier molecular flexibility index (Phi) is 4.63. The van der Waals surface area contributed by atoms with Crippen molar-refractivity contribution in [1.29, 1.82) is 0 Å². The van der Waals surface area contributed by atoms with E-state index in [-0.39, 0.29) is 6.61 Å². The van der Waals surface area contributed by atoms with E-state index in [1.165, 1.54) is 0 Å². The van der Waals surface area contributed by atoms with Crippen molar-refractivity contribution in [2.24, 2.45) is 7.05 Å². The van der Waals surface area contributed by atoms with E-state index in [2.05, 4.69) is 31.1 Å². The van der Waals surface area contributed by atoms with Gasteiger partial charge in [0.25, 0.3) is 0 Å². The van der Waals surface area contributed by atoms with E-state index >= 15 is 0 Å². The molecule has 0 unspecified atom stereocenters. The maximum Gasteiger partial charge on any atom is 0.158 e. The van der Waals surface area contributed by atoms with Gasteiger partial charge in [0, 0.05) is 44.6 Å². The van der Waals surface area contributed by atoms with Gasteiger partial charge in [-0.05, 0) is 19.3 Å². The highest BCUT2D eigenvalue weighted by atomic mass is 16.5. The molecule has 4 rings (SSSR count). The van der Waals surface area contributed by atoms with Crippen LogP contribution < -0.4 is 4.90 Å². The molecular weight excluding hydrogens is 320 g/mol. The van der Waals surface area contributed by atoms with E-state index in [9.17, 15) is 5.11 Å². The minimum absolute atomic E-state index is 0.0725. The molecule has 0 spiro atoms. The lowest BCUT2D eigenvalue weighted by Crippen LogP contribution is -2.34. The third-order valence-corrected chi connectivity index (χ3v) is 5.35. The maximum atomic E-state index is 9.28. The highest BCUT2D eigenvalue weighted by molar-refractivity contribution is 5.40. The first kappa shape index (κ1) is 16.4. The van der Waals surface area contributed by atoms with Crippen molar-refractivity contribution in [1.82, 2.24) is 24.7 Å². The van der Waals surface area contributed by atoms with Crippen molar-refractivity contribution in [2.45, 2.75) is 37.7 Å². The average Bonchev–Trinajstić information content (AvgIpc) is 3.32. The lowest BCUT2D eigenvalue weighted by molar-refractivity contribution is 0.193. The van der Waals surface area contributed by atoms with Gasteiger partial charge in [0.1, 0.15) is 24.6 Å². The van der Waals surface area contributed by atoms with Gasteiger partial charge in [-0.1, -0.05) is 0 Å². The molecule has 0 radical (unpaired) electrons. The molecule has 4 heterocycles. The predicted molar refractivity (Wildman–Crippen MR) is 91.3 cm³/mol. The molecule has 134 valence electrons. The number of hydrogen-bond acceptors (Lipinski definition) is 7. The number of aromatic nitrogens is 5. The van der Waals surface area contributed by atoms with Gasteiger partial charge >= 0.3 is 0 Å². The van der Waals surface area contributed by atoms with Crippen LogP contribution in [0.5, 0.6) is 0 Å². The van der Waals surface area contributed by atoms with Crippen molar-refractivity contribution in [3.8, 4) is 0 Å². The van der Waals surface area contributed by atoms with Crippen LogP contribution in [-0.2, 0) is 18.4 Å². The monoisotopic (exact) mass is 344 g/mol. The summed E-state index contributed by atoms with van der Waals surface area (Å²) in [4.78, 5) is 11.2. The molecular formula is C17H24N6O2. The van der Waals surface area contributed by atoms with Crippen LogP contribution in [0, 0.1) is 0 Å². The molecule has 1 N–H and O–H groups in total. The predicted octanol–water partition coefficient (Wildman–Crippen LogP) is 0.985. The summed E-state index contributed by atoms with van der Waals surface area (Å²) in [5.41, 5.74) is 1.09. The van der Waals surface area contributed by atoms with E-state index in [0.29, 0.717) is 17.7 Å². The number of hydrogen-bond donors (Lipinski definition) is 1. The standard InChI is InChI=1S/C17H24N6O2/c1-22-16(9-24)20-21-17(22)12-2-5-23(6-3-12)15-8-14(18-11-19-15)13-4-7-25-10-13/h8,11-13,24H,2-7,9-10H2,1H3/t13-/m1/s1. The summed E-state index contributed by atoms with van der Waals surface area (Å²) in [5, 5.41) is 17.6. The van der Waals surface area contributed by atoms with Gasteiger partial charge < -0.3 is 19.3 Å². The average molecular weight is 344 g/mol. The van der Waals surface area contributed by atoms with Crippen LogP contribution in [0.25, 0.3) is 0 Å². The van der Waals surface area contributed by atoms with Crippen LogP contribution >= 0.6 is 0 Å². The van der Waals surface area contributed by atoms with Gasteiger partial charge in [0.05, 0.1) is 12.3 Å². The Hall–Kier alpha value is -2.06. The highest BCUT2D eigenvalue weighted by Crippen LogP contribution is 2.30. The third-order valence-electron chi connectivity index (χ3n) is 5.35. The Labute approximate surface area is 146 Å². The SMILES string of the molecule is Cn1c(CO)nnc1C1CCN(c2cc([C@@H]3CCOC3)ncn2)CC1. The number of ether oxygens (including phenoxy) is 1. The van der Waals surface area contributed by atoms with Gasteiger partial charge in [-0.3, -0.25) is 0 Å². The zero-order chi connectivity index (χ0) is 17.2. The van der Waals surface area contributed by atoms with Crippen LogP contribution in [0.1, 0.15) is 48.4 Å². The van der Waals surface area contributed by atoms with Crippen molar-refractivity contribution in [3.05, 3.63) is 29.7 Å². The molecule has 0 aliphatic carbocycles. The van der Waals surface area contributed by atoms with E-state index in [0.717, 1.165) is 62.9 Å². The summed E-state index contributed by atoms with van der Waals surface area (Å²) >= 11 is 0. The van der Waals surface area contributed by atoms with E-state index in [1.54, 1.807) is 6.33 Å². The van der Waals surface area contributed by atoms with Gasteiger partial charge in [-0.15, -0.1) is 10.2 Å². The maximum absolute atomic E-state index is 9.28. The number of piperidine rings is 1. The fourth-order valence-electron chi connectivity index (χ4n) is 3.76. The zero-order valence-electron chi connectivity index (χ0n) is 14.5. The summed E-state index contributed by atoms with van der Waals surface area (Å²) in [6.45, 7) is 3.38. The first-order chi connectivity index (χ1) is 12.3. The molecule has 2 aromatic rings. The Morgan fingerprint density at radius 2 is 2.00 bits per heavy atom. The highest BCUT2D eigenvalue weighted by Gasteiger charge is 2.26. The smallest absolute Gasteiger partial charge is 0.158 e. The topological polar surface area (TPSA) is 89.2 Å². The second-order valence-electron chi connectivity index (χ2n) is 6.81. The molecule has 0 bridgehead atoms. The van der Waals surface area contributed by atoms with Crippen LogP contribution in [0.15, 0.2) is 12.4 Å². The lowest BCUT2D eigenvalue weighted by Gasteiger charge is -2.32. The fourth-order valence-corrected chi connectivity index (χ4v) is 3.76. The molecule has 25 heavy (non-hydrogen) atoms. The molecule has 0 saturated carbocycles. The van der Waals surface area contributed by atoms with Gasteiger partial charge in [0.15, 0.2) is 5.82 Å². The molecule has 1 atom stereocenters. The van der Waals surface area contributed by atoms with E-state index < -0.39 is 0 Å². The zero-order valence-corrected chi connectivity index (χ0v) is 14.5. The Morgan fingerprint density at radius 1 is 1.16 bits per heavy atom. The number of aliphatic hydroxyl groups excluding tert-OH is 1. The molecule has 2 aliphatic rings. The van der Waals surface area contributed by atoms with Crippen molar-refractivity contribution in [3.63, 3.8) is 0 Å². The van der Waals surface area contributed by atoms with Gasteiger partial charge in [-0.2, -0.15) is 0 Å². The normalized spacial score (nSPS) is 21.8. The quantitative estimate of drug-likeness (QED) is 0.884. The molecule has 2 fully saturated rings. The summed E-state index contributed by atoms with van der Waals surface area (Å²) in [5.74, 6) is 3.37. The Bertz CT molecular complexity index is 720. The molecule has 0 amide bonds. The summed E-state index contributed by atoms with van der Waals surface area (Å²) in [6.07, 6.45) is 4.72. The number of rotatable bonds is 4. The van der Waals surface area contributed by atoms with E-state index in [4.69, 9.17) is 4.74 Å². The van der Waals surface area contributed by atoms with Crippen LogP contribution in [-0.4, -0.2) is 56.1 Å².